The van der Waals surface area contributed by atoms with Crippen molar-refractivity contribution in [1.82, 2.24) is 34.8 Å². The summed E-state index contributed by atoms with van der Waals surface area (Å²) in [4.78, 5) is 15.2. The van der Waals surface area contributed by atoms with Gasteiger partial charge in [-0.25, -0.2) is 14.2 Å². The van der Waals surface area contributed by atoms with Crippen molar-refractivity contribution in [2.45, 2.75) is 17.1 Å². The predicted molar refractivity (Wildman–Crippen MR) is 122 cm³/mol. The highest BCUT2D eigenvalue weighted by molar-refractivity contribution is 7.99. The molecule has 164 valence electrons. The molecule has 0 aliphatic heterocycles. The van der Waals surface area contributed by atoms with Crippen molar-refractivity contribution in [1.29, 1.82) is 0 Å². The number of non-ortho nitro benzene ring substituents is 1. The molecule has 13 heteroatoms. The normalized spacial score (nSPS) is 11.6. The molecule has 5 rings (SSSR count). The number of para-hydroxylation sites is 1. The summed E-state index contributed by atoms with van der Waals surface area (Å²) >= 11 is 1.37. The third-order valence-electron chi connectivity index (χ3n) is 4.89. The van der Waals surface area contributed by atoms with Gasteiger partial charge in [-0.05, 0) is 47.3 Å². The van der Waals surface area contributed by atoms with E-state index < -0.39 is 4.92 Å². The number of benzene rings is 2. The van der Waals surface area contributed by atoms with E-state index in [-0.39, 0.29) is 5.69 Å². The van der Waals surface area contributed by atoms with Crippen LogP contribution in [-0.4, -0.2) is 45.9 Å². The number of fused-ring (bicyclic) bond motifs is 3. The third kappa shape index (κ3) is 3.85. The second-order valence-corrected chi connectivity index (χ2v) is 7.99. The van der Waals surface area contributed by atoms with E-state index in [2.05, 4.69) is 31.2 Å². The summed E-state index contributed by atoms with van der Waals surface area (Å²) in [6.45, 7) is 1.89. The molecule has 12 nitrogen and oxygen atoms in total. The SMILES string of the molecule is Cc1nn2c(nc(Sc3nnnn3C)c3ccccc32)c1/C=N\Nc1ccc([N+](=O)[O-])cc1. The fourth-order valence-electron chi connectivity index (χ4n) is 3.25. The lowest BCUT2D eigenvalue weighted by Gasteiger charge is -2.07. The van der Waals surface area contributed by atoms with E-state index in [1.807, 2.05) is 31.2 Å². The fourth-order valence-corrected chi connectivity index (χ4v) is 4.08. The van der Waals surface area contributed by atoms with Crippen LogP contribution in [-0.2, 0) is 7.05 Å². The van der Waals surface area contributed by atoms with Crippen LogP contribution in [0.15, 0.2) is 63.8 Å². The lowest BCUT2D eigenvalue weighted by atomic mass is 10.2. The van der Waals surface area contributed by atoms with Gasteiger partial charge in [0.2, 0.25) is 5.16 Å². The number of hydrogen-bond donors (Lipinski definition) is 1. The Kier molecular flexibility index (Phi) is 5.14. The van der Waals surface area contributed by atoms with Crippen LogP contribution in [0.3, 0.4) is 0 Å². The van der Waals surface area contributed by atoms with E-state index in [0.29, 0.717) is 16.5 Å². The summed E-state index contributed by atoms with van der Waals surface area (Å²) < 4.78 is 3.38. The smallest absolute Gasteiger partial charge is 0.269 e. The number of aryl methyl sites for hydroxylation is 2. The van der Waals surface area contributed by atoms with Crippen LogP contribution in [0.5, 0.6) is 0 Å². The number of nitro benzene ring substituents is 1. The topological polar surface area (TPSA) is 141 Å². The van der Waals surface area contributed by atoms with Gasteiger partial charge in [-0.15, -0.1) is 5.10 Å². The van der Waals surface area contributed by atoms with E-state index in [0.717, 1.165) is 27.2 Å². The molecule has 1 N–H and O–H groups in total. The summed E-state index contributed by atoms with van der Waals surface area (Å²) in [7, 11) is 1.77. The zero-order chi connectivity index (χ0) is 22.9. The zero-order valence-corrected chi connectivity index (χ0v) is 18.3. The van der Waals surface area contributed by atoms with Crippen molar-refractivity contribution in [3.05, 3.63) is 69.9 Å². The van der Waals surface area contributed by atoms with Gasteiger partial charge in [0, 0.05) is 24.6 Å². The maximum atomic E-state index is 10.8. The summed E-state index contributed by atoms with van der Waals surface area (Å²) in [5.74, 6) is 0. The number of nitrogens with one attached hydrogen (secondary N) is 1. The Morgan fingerprint density at radius 3 is 2.70 bits per heavy atom. The molecule has 0 fully saturated rings. The van der Waals surface area contributed by atoms with Crippen LogP contribution in [0.1, 0.15) is 11.3 Å². The molecule has 0 aliphatic rings. The second-order valence-electron chi connectivity index (χ2n) is 7.03. The molecule has 0 bridgehead atoms. The highest BCUT2D eigenvalue weighted by Crippen LogP contribution is 2.32. The Balaban J connectivity index is 1.54. The van der Waals surface area contributed by atoms with Crippen LogP contribution >= 0.6 is 11.8 Å². The fraction of sp³-hybridized carbons (Fsp3) is 0.100. The summed E-state index contributed by atoms with van der Waals surface area (Å²) in [6.07, 6.45) is 1.64. The van der Waals surface area contributed by atoms with Crippen molar-refractivity contribution in [2.75, 3.05) is 5.43 Å². The van der Waals surface area contributed by atoms with Gasteiger partial charge in [0.15, 0.2) is 5.65 Å². The van der Waals surface area contributed by atoms with E-state index in [4.69, 9.17) is 4.98 Å². The van der Waals surface area contributed by atoms with Gasteiger partial charge in [-0.2, -0.15) is 10.2 Å². The van der Waals surface area contributed by atoms with Gasteiger partial charge < -0.3 is 0 Å². The van der Waals surface area contributed by atoms with E-state index in [1.54, 1.807) is 34.6 Å². The summed E-state index contributed by atoms with van der Waals surface area (Å²) in [6, 6.07) is 13.9. The molecule has 0 saturated carbocycles. The number of aromatic nitrogens is 7. The molecule has 33 heavy (non-hydrogen) atoms. The number of anilines is 1. The first-order valence-corrected chi connectivity index (χ1v) is 10.5. The molecule has 0 unspecified atom stereocenters. The van der Waals surface area contributed by atoms with Crippen LogP contribution in [0.4, 0.5) is 11.4 Å². The highest BCUT2D eigenvalue weighted by Gasteiger charge is 2.17. The van der Waals surface area contributed by atoms with Crippen LogP contribution in [0.2, 0.25) is 0 Å². The van der Waals surface area contributed by atoms with Crippen molar-refractivity contribution < 1.29 is 4.92 Å². The van der Waals surface area contributed by atoms with Gasteiger partial charge in [0.1, 0.15) is 5.03 Å². The van der Waals surface area contributed by atoms with Gasteiger partial charge in [0.25, 0.3) is 5.69 Å². The Morgan fingerprint density at radius 1 is 1.18 bits per heavy atom. The van der Waals surface area contributed by atoms with E-state index >= 15 is 0 Å². The number of hydrogen-bond acceptors (Lipinski definition) is 10. The molecule has 0 radical (unpaired) electrons. The van der Waals surface area contributed by atoms with Crippen molar-refractivity contribution in [3.63, 3.8) is 0 Å². The zero-order valence-electron chi connectivity index (χ0n) is 17.4. The first kappa shape index (κ1) is 20.5. The van der Waals surface area contributed by atoms with E-state index in [1.165, 1.54) is 23.9 Å². The first-order chi connectivity index (χ1) is 16.0. The summed E-state index contributed by atoms with van der Waals surface area (Å²) in [5, 5.41) is 33.7. The molecule has 0 atom stereocenters. The molecule has 0 spiro atoms. The number of hydrazone groups is 1. The molecule has 5 aromatic rings. The van der Waals surface area contributed by atoms with Crippen molar-refractivity contribution >= 4 is 45.9 Å². The third-order valence-corrected chi connectivity index (χ3v) is 5.92. The molecular weight excluding hydrogens is 444 g/mol. The van der Waals surface area contributed by atoms with Crippen LogP contribution in [0, 0.1) is 17.0 Å². The molecule has 3 aromatic heterocycles. The molecule has 0 aliphatic carbocycles. The minimum Gasteiger partial charge on any atom is -0.278 e. The average Bonchev–Trinajstić information content (AvgIpc) is 3.37. The van der Waals surface area contributed by atoms with E-state index in [9.17, 15) is 10.1 Å². The lowest BCUT2D eigenvalue weighted by molar-refractivity contribution is -0.384. The van der Waals surface area contributed by atoms with Crippen LogP contribution < -0.4 is 5.43 Å². The quantitative estimate of drug-likeness (QED) is 0.175. The lowest BCUT2D eigenvalue weighted by Crippen LogP contribution is -1.99. The van der Waals surface area contributed by atoms with Gasteiger partial charge in [-0.1, -0.05) is 18.2 Å². The monoisotopic (exact) mass is 460 g/mol. The number of tetrazole rings is 1. The maximum absolute atomic E-state index is 10.8. The van der Waals surface area contributed by atoms with Gasteiger partial charge in [0.05, 0.1) is 33.6 Å². The Morgan fingerprint density at radius 2 is 1.97 bits per heavy atom. The molecule has 0 amide bonds. The molecular formula is C20H16N10O2S. The van der Waals surface area contributed by atoms with Gasteiger partial charge >= 0.3 is 0 Å². The van der Waals surface area contributed by atoms with Gasteiger partial charge in [-0.3, -0.25) is 15.5 Å². The highest BCUT2D eigenvalue weighted by atomic mass is 32.2. The Bertz CT molecular complexity index is 1520. The standard InChI is InChI=1S/C20H16N10O2S/c1-12-16(11-21-23-13-7-9-14(10-8-13)30(31)32)18-22-19(33-20-24-26-27-28(20)2)15-5-3-4-6-17(15)29(18)25-12/h3-11,23H,1-2H3/b21-11-. The maximum Gasteiger partial charge on any atom is 0.269 e. The minimum atomic E-state index is -0.446. The van der Waals surface area contributed by atoms with Crippen molar-refractivity contribution in [3.8, 4) is 0 Å². The largest absolute Gasteiger partial charge is 0.278 e. The number of nitro groups is 1. The number of rotatable bonds is 6. The first-order valence-electron chi connectivity index (χ1n) is 9.73. The molecule has 3 heterocycles. The minimum absolute atomic E-state index is 0.0159. The van der Waals surface area contributed by atoms with Crippen LogP contribution in [0.25, 0.3) is 16.6 Å². The predicted octanol–water partition coefficient (Wildman–Crippen LogP) is 3.22. The van der Waals surface area contributed by atoms with Crippen molar-refractivity contribution in [2.24, 2.45) is 12.1 Å². The molecule has 2 aromatic carbocycles. The second kappa shape index (κ2) is 8.27. The number of nitrogens with zero attached hydrogens (tertiary/aromatic N) is 9. The Labute approximate surface area is 190 Å². The summed E-state index contributed by atoms with van der Waals surface area (Å²) in [5.41, 5.74) is 6.55. The average molecular weight is 460 g/mol. The Hall–Kier alpha value is -4.39. The molecule has 0 saturated heterocycles.